The maximum absolute atomic E-state index is 5.66. The predicted octanol–water partition coefficient (Wildman–Crippen LogP) is 2.47. The van der Waals surface area contributed by atoms with E-state index >= 15 is 0 Å². The van der Waals surface area contributed by atoms with Crippen LogP contribution < -0.4 is 5.32 Å². The monoisotopic (exact) mass is 256 g/mol. The number of hydrogen-bond acceptors (Lipinski definition) is 3. The van der Waals surface area contributed by atoms with E-state index in [0.29, 0.717) is 12.1 Å². The molecule has 0 spiro atoms. The number of nitrogens with zero attached hydrogens (tertiary/aromatic N) is 1. The van der Waals surface area contributed by atoms with E-state index in [-0.39, 0.29) is 12.4 Å². The third-order valence-electron chi connectivity index (χ3n) is 3.25. The highest BCUT2D eigenvalue weighted by molar-refractivity contribution is 5.85. The molecule has 1 aromatic heterocycles. The van der Waals surface area contributed by atoms with Gasteiger partial charge in [-0.15, -0.1) is 12.4 Å². The lowest BCUT2D eigenvalue weighted by Gasteiger charge is -2.20. The standard InChI is InChI=1S/C13H20N2O.ClH/c1-10-12(5-3-7-14-10)9-15-11(2)13-6-4-8-16-13;/h3,5,7,11,13,15H,4,6,8-9H2,1-2H3;1H. The fourth-order valence-corrected chi connectivity index (χ4v) is 2.10. The van der Waals surface area contributed by atoms with Crippen LogP contribution in [0.4, 0.5) is 0 Å². The molecule has 17 heavy (non-hydrogen) atoms. The van der Waals surface area contributed by atoms with E-state index in [1.807, 2.05) is 19.2 Å². The van der Waals surface area contributed by atoms with Gasteiger partial charge in [0.1, 0.15) is 0 Å². The summed E-state index contributed by atoms with van der Waals surface area (Å²) in [7, 11) is 0. The number of halogens is 1. The number of aryl methyl sites for hydroxylation is 1. The van der Waals surface area contributed by atoms with Gasteiger partial charge in [0.25, 0.3) is 0 Å². The quantitative estimate of drug-likeness (QED) is 0.899. The third kappa shape index (κ3) is 3.95. The van der Waals surface area contributed by atoms with Crippen LogP contribution in [-0.2, 0) is 11.3 Å². The van der Waals surface area contributed by atoms with Crippen LogP contribution >= 0.6 is 12.4 Å². The Kier molecular flexibility index (Phi) is 5.89. The van der Waals surface area contributed by atoms with Crippen LogP contribution in [0.3, 0.4) is 0 Å². The molecule has 1 aliphatic rings. The van der Waals surface area contributed by atoms with Crippen LogP contribution in [0.2, 0.25) is 0 Å². The van der Waals surface area contributed by atoms with Crippen molar-refractivity contribution < 1.29 is 4.74 Å². The number of pyridine rings is 1. The molecule has 3 nitrogen and oxygen atoms in total. The SMILES string of the molecule is Cc1ncccc1CNC(C)C1CCCO1.Cl. The van der Waals surface area contributed by atoms with E-state index in [9.17, 15) is 0 Å². The smallest absolute Gasteiger partial charge is 0.0726 e. The summed E-state index contributed by atoms with van der Waals surface area (Å²) in [5, 5.41) is 3.52. The molecule has 0 aromatic carbocycles. The minimum atomic E-state index is 0. The van der Waals surface area contributed by atoms with Gasteiger partial charge in [-0.2, -0.15) is 0 Å². The van der Waals surface area contributed by atoms with Crippen molar-refractivity contribution in [1.82, 2.24) is 10.3 Å². The van der Waals surface area contributed by atoms with Crippen molar-refractivity contribution in [2.75, 3.05) is 6.61 Å². The fraction of sp³-hybridized carbons (Fsp3) is 0.615. The normalized spacial score (nSPS) is 20.9. The first-order chi connectivity index (χ1) is 7.77. The van der Waals surface area contributed by atoms with Crippen molar-refractivity contribution in [3.05, 3.63) is 29.6 Å². The molecule has 0 aliphatic carbocycles. The molecular weight excluding hydrogens is 236 g/mol. The molecule has 2 heterocycles. The van der Waals surface area contributed by atoms with Crippen LogP contribution in [0.25, 0.3) is 0 Å². The molecule has 0 amide bonds. The molecule has 4 heteroatoms. The van der Waals surface area contributed by atoms with Gasteiger partial charge in [-0.3, -0.25) is 4.98 Å². The fourth-order valence-electron chi connectivity index (χ4n) is 2.10. The molecular formula is C13H21ClN2O. The van der Waals surface area contributed by atoms with E-state index in [1.165, 1.54) is 18.4 Å². The van der Waals surface area contributed by atoms with Crippen LogP contribution in [0.15, 0.2) is 18.3 Å². The van der Waals surface area contributed by atoms with E-state index in [0.717, 1.165) is 18.8 Å². The van der Waals surface area contributed by atoms with Crippen LogP contribution in [0.1, 0.15) is 31.0 Å². The second-order valence-corrected chi connectivity index (χ2v) is 4.47. The Labute approximate surface area is 109 Å². The molecule has 2 rings (SSSR count). The molecule has 1 N–H and O–H groups in total. The van der Waals surface area contributed by atoms with Crippen molar-refractivity contribution >= 4 is 12.4 Å². The highest BCUT2D eigenvalue weighted by Crippen LogP contribution is 2.15. The number of ether oxygens (including phenoxy) is 1. The molecule has 2 atom stereocenters. The Hall–Kier alpha value is -0.640. The van der Waals surface area contributed by atoms with Crippen LogP contribution in [0.5, 0.6) is 0 Å². The second-order valence-electron chi connectivity index (χ2n) is 4.47. The molecule has 1 aliphatic heterocycles. The Morgan fingerprint density at radius 2 is 2.41 bits per heavy atom. The zero-order valence-electron chi connectivity index (χ0n) is 10.5. The Bertz CT molecular complexity index is 340. The maximum atomic E-state index is 5.66. The summed E-state index contributed by atoms with van der Waals surface area (Å²) >= 11 is 0. The minimum absolute atomic E-state index is 0. The summed E-state index contributed by atoms with van der Waals surface area (Å²) in [5.41, 5.74) is 2.38. The second kappa shape index (κ2) is 6.94. The van der Waals surface area contributed by atoms with E-state index < -0.39 is 0 Å². The molecule has 1 fully saturated rings. The summed E-state index contributed by atoms with van der Waals surface area (Å²) in [6, 6.07) is 4.53. The lowest BCUT2D eigenvalue weighted by atomic mass is 10.1. The molecule has 1 aromatic rings. The minimum Gasteiger partial charge on any atom is -0.377 e. The van der Waals surface area contributed by atoms with Gasteiger partial charge >= 0.3 is 0 Å². The number of rotatable bonds is 4. The average Bonchev–Trinajstić information content (AvgIpc) is 2.81. The van der Waals surface area contributed by atoms with Crippen molar-refractivity contribution in [3.63, 3.8) is 0 Å². The zero-order valence-corrected chi connectivity index (χ0v) is 11.3. The molecule has 0 radical (unpaired) electrons. The van der Waals surface area contributed by atoms with E-state index in [1.54, 1.807) is 0 Å². The first kappa shape index (κ1) is 14.4. The van der Waals surface area contributed by atoms with Gasteiger partial charge in [-0.25, -0.2) is 0 Å². The molecule has 1 saturated heterocycles. The maximum Gasteiger partial charge on any atom is 0.0726 e. The topological polar surface area (TPSA) is 34.2 Å². The molecule has 96 valence electrons. The van der Waals surface area contributed by atoms with Gasteiger partial charge in [0.15, 0.2) is 0 Å². The van der Waals surface area contributed by atoms with Gasteiger partial charge in [-0.05, 0) is 38.3 Å². The van der Waals surface area contributed by atoms with E-state index in [2.05, 4.69) is 23.3 Å². The summed E-state index contributed by atoms with van der Waals surface area (Å²) in [6.07, 6.45) is 4.60. The third-order valence-corrected chi connectivity index (χ3v) is 3.25. The highest BCUT2D eigenvalue weighted by Gasteiger charge is 2.21. The number of nitrogens with one attached hydrogen (secondary N) is 1. The van der Waals surface area contributed by atoms with Crippen LogP contribution in [-0.4, -0.2) is 23.7 Å². The zero-order chi connectivity index (χ0) is 11.4. The lowest BCUT2D eigenvalue weighted by molar-refractivity contribution is 0.0832. The highest BCUT2D eigenvalue weighted by atomic mass is 35.5. The van der Waals surface area contributed by atoms with Crippen molar-refractivity contribution in [1.29, 1.82) is 0 Å². The molecule has 0 saturated carbocycles. The predicted molar refractivity (Wildman–Crippen MR) is 71.5 cm³/mol. The molecule has 0 bridgehead atoms. The molecule has 2 unspecified atom stereocenters. The van der Waals surface area contributed by atoms with Gasteiger partial charge in [-0.1, -0.05) is 6.07 Å². The van der Waals surface area contributed by atoms with Crippen LogP contribution in [0, 0.1) is 6.92 Å². The summed E-state index contributed by atoms with van der Waals surface area (Å²) < 4.78 is 5.66. The first-order valence-corrected chi connectivity index (χ1v) is 6.03. The van der Waals surface area contributed by atoms with Gasteiger partial charge in [0.2, 0.25) is 0 Å². The number of hydrogen-bond donors (Lipinski definition) is 1. The van der Waals surface area contributed by atoms with Gasteiger partial charge in [0, 0.05) is 31.1 Å². The first-order valence-electron chi connectivity index (χ1n) is 6.03. The summed E-state index contributed by atoms with van der Waals surface area (Å²) in [4.78, 5) is 4.28. The van der Waals surface area contributed by atoms with E-state index in [4.69, 9.17) is 4.74 Å². The van der Waals surface area contributed by atoms with Crippen molar-refractivity contribution in [2.45, 2.75) is 45.4 Å². The van der Waals surface area contributed by atoms with Crippen molar-refractivity contribution in [2.24, 2.45) is 0 Å². The largest absolute Gasteiger partial charge is 0.377 e. The number of aromatic nitrogens is 1. The lowest BCUT2D eigenvalue weighted by Crippen LogP contribution is -2.36. The van der Waals surface area contributed by atoms with Crippen molar-refractivity contribution in [3.8, 4) is 0 Å². The average molecular weight is 257 g/mol. The van der Waals surface area contributed by atoms with Gasteiger partial charge in [0.05, 0.1) is 6.10 Å². The van der Waals surface area contributed by atoms with Gasteiger partial charge < -0.3 is 10.1 Å². The Morgan fingerprint density at radius 3 is 3.06 bits per heavy atom. The summed E-state index contributed by atoms with van der Waals surface area (Å²) in [5.74, 6) is 0. The Balaban J connectivity index is 0.00000144. The summed E-state index contributed by atoms with van der Waals surface area (Å²) in [6.45, 7) is 6.04. The Morgan fingerprint density at radius 1 is 1.59 bits per heavy atom.